The highest BCUT2D eigenvalue weighted by atomic mass is 16.3. The minimum Gasteiger partial charge on any atom is -0.373 e. The van der Waals surface area contributed by atoms with Crippen LogP contribution in [0.25, 0.3) is 0 Å². The minimum atomic E-state index is -0.572. The van der Waals surface area contributed by atoms with Gasteiger partial charge in [-0.05, 0) is 23.8 Å². The van der Waals surface area contributed by atoms with Crippen LogP contribution in [0.2, 0.25) is 0 Å². The van der Waals surface area contributed by atoms with Crippen molar-refractivity contribution >= 4 is 11.5 Å². The summed E-state index contributed by atoms with van der Waals surface area (Å²) in [6.07, 6.45) is -0.572. The number of hydrogen-bond donors (Lipinski definition) is 2. The molecule has 0 saturated heterocycles. The van der Waals surface area contributed by atoms with Gasteiger partial charge >= 0.3 is 0 Å². The van der Waals surface area contributed by atoms with Crippen LogP contribution in [0.15, 0.2) is 48.5 Å². The van der Waals surface area contributed by atoms with Crippen LogP contribution in [-0.4, -0.2) is 17.1 Å². The molecule has 0 amide bonds. The van der Waals surface area contributed by atoms with Gasteiger partial charge in [-0.3, -0.25) is 4.79 Å². The van der Waals surface area contributed by atoms with Crippen molar-refractivity contribution in [2.75, 3.05) is 5.32 Å². The van der Waals surface area contributed by atoms with Crippen LogP contribution in [0.4, 0.5) is 5.69 Å². The van der Waals surface area contributed by atoms with E-state index in [-0.39, 0.29) is 11.7 Å². The first kappa shape index (κ1) is 11.9. The first-order valence-corrected chi connectivity index (χ1v) is 6.35. The third kappa shape index (κ3) is 2.02. The van der Waals surface area contributed by atoms with E-state index in [1.807, 2.05) is 49.4 Å². The van der Waals surface area contributed by atoms with E-state index in [4.69, 9.17) is 0 Å². The summed E-state index contributed by atoms with van der Waals surface area (Å²) in [5.74, 6) is 0.00973. The summed E-state index contributed by atoms with van der Waals surface area (Å²) in [5, 5.41) is 12.8. The smallest absolute Gasteiger partial charge is 0.193 e. The molecule has 3 heteroatoms. The Labute approximate surface area is 111 Å². The third-order valence-corrected chi connectivity index (χ3v) is 3.62. The van der Waals surface area contributed by atoms with Gasteiger partial charge in [0.1, 0.15) is 6.23 Å². The maximum Gasteiger partial charge on any atom is 0.193 e. The van der Waals surface area contributed by atoms with Gasteiger partial charge in [-0.1, -0.05) is 37.3 Å². The maximum atomic E-state index is 12.4. The standard InChI is InChI=1S/C16H15NO2/c1-10-13-9-12(7-8-14(13)17-16(10)19)15(18)11-5-3-2-4-6-11/h2-10,16-17,19H,1H3. The van der Waals surface area contributed by atoms with Gasteiger partial charge < -0.3 is 10.4 Å². The molecule has 1 aliphatic heterocycles. The number of benzene rings is 2. The zero-order chi connectivity index (χ0) is 13.4. The van der Waals surface area contributed by atoms with Gasteiger partial charge in [-0.15, -0.1) is 0 Å². The average Bonchev–Trinajstić information content (AvgIpc) is 2.74. The number of aliphatic hydroxyl groups excluding tert-OH is 1. The fourth-order valence-corrected chi connectivity index (χ4v) is 2.42. The highest BCUT2D eigenvalue weighted by Gasteiger charge is 2.27. The molecule has 0 aliphatic carbocycles. The molecule has 2 aromatic rings. The summed E-state index contributed by atoms with van der Waals surface area (Å²) >= 11 is 0. The second-order valence-corrected chi connectivity index (χ2v) is 4.88. The lowest BCUT2D eigenvalue weighted by molar-refractivity contribution is 0.103. The van der Waals surface area contributed by atoms with E-state index in [0.717, 1.165) is 11.3 Å². The highest BCUT2D eigenvalue weighted by molar-refractivity contribution is 6.09. The molecule has 0 aromatic heterocycles. The highest BCUT2D eigenvalue weighted by Crippen LogP contribution is 2.35. The van der Waals surface area contributed by atoms with Gasteiger partial charge in [0.25, 0.3) is 0 Å². The summed E-state index contributed by atoms with van der Waals surface area (Å²) in [6.45, 7) is 1.94. The van der Waals surface area contributed by atoms with Crippen molar-refractivity contribution in [3.8, 4) is 0 Å². The van der Waals surface area contributed by atoms with Gasteiger partial charge in [0, 0.05) is 22.7 Å². The summed E-state index contributed by atoms with van der Waals surface area (Å²) in [4.78, 5) is 12.4. The Kier molecular flexibility index (Phi) is 2.84. The van der Waals surface area contributed by atoms with Gasteiger partial charge in [-0.25, -0.2) is 0 Å². The van der Waals surface area contributed by atoms with Crippen molar-refractivity contribution in [3.05, 3.63) is 65.2 Å². The molecule has 0 fully saturated rings. The number of nitrogens with one attached hydrogen (secondary N) is 1. The molecule has 2 atom stereocenters. The minimum absolute atomic E-state index is 0.00137. The molecule has 0 spiro atoms. The summed E-state index contributed by atoms with van der Waals surface area (Å²) < 4.78 is 0. The van der Waals surface area contributed by atoms with Crippen molar-refractivity contribution in [1.82, 2.24) is 0 Å². The number of carbonyl (C=O) groups excluding carboxylic acids is 1. The predicted molar refractivity (Wildman–Crippen MR) is 74.4 cm³/mol. The van der Waals surface area contributed by atoms with Crippen LogP contribution < -0.4 is 5.32 Å². The van der Waals surface area contributed by atoms with Gasteiger partial charge in [0.15, 0.2) is 5.78 Å². The topological polar surface area (TPSA) is 49.3 Å². The molecule has 1 aliphatic rings. The normalized spacial score (nSPS) is 20.7. The van der Waals surface area contributed by atoms with Gasteiger partial charge in [0.2, 0.25) is 0 Å². The Morgan fingerprint density at radius 2 is 1.84 bits per heavy atom. The zero-order valence-corrected chi connectivity index (χ0v) is 10.6. The second-order valence-electron chi connectivity index (χ2n) is 4.88. The fourth-order valence-electron chi connectivity index (χ4n) is 2.42. The van der Waals surface area contributed by atoms with Gasteiger partial charge in [-0.2, -0.15) is 0 Å². The summed E-state index contributed by atoms with van der Waals surface area (Å²) in [5.41, 5.74) is 3.24. The second kappa shape index (κ2) is 4.52. The number of carbonyl (C=O) groups is 1. The largest absolute Gasteiger partial charge is 0.373 e. The van der Waals surface area contributed by atoms with Gasteiger partial charge in [0.05, 0.1) is 0 Å². The number of fused-ring (bicyclic) bond motifs is 1. The number of aliphatic hydroxyl groups is 1. The first-order chi connectivity index (χ1) is 9.16. The number of ketones is 1. The molecular weight excluding hydrogens is 238 g/mol. The summed E-state index contributed by atoms with van der Waals surface area (Å²) in [6, 6.07) is 14.8. The van der Waals surface area contributed by atoms with E-state index in [0.29, 0.717) is 11.1 Å². The van der Waals surface area contributed by atoms with Crippen LogP contribution in [0, 0.1) is 0 Å². The lowest BCUT2D eigenvalue weighted by Gasteiger charge is -2.08. The van der Waals surface area contributed by atoms with Crippen LogP contribution in [0.1, 0.15) is 34.3 Å². The molecule has 96 valence electrons. The molecule has 2 aromatic carbocycles. The molecule has 3 rings (SSSR count). The molecule has 19 heavy (non-hydrogen) atoms. The molecule has 0 bridgehead atoms. The first-order valence-electron chi connectivity index (χ1n) is 6.35. The predicted octanol–water partition coefficient (Wildman–Crippen LogP) is 2.77. The number of rotatable bonds is 2. The lowest BCUT2D eigenvalue weighted by Crippen LogP contribution is -2.16. The van der Waals surface area contributed by atoms with Crippen molar-refractivity contribution in [2.24, 2.45) is 0 Å². The molecule has 1 heterocycles. The Bertz CT molecular complexity index is 622. The molecule has 3 nitrogen and oxygen atoms in total. The number of hydrogen-bond acceptors (Lipinski definition) is 3. The van der Waals surface area contributed by atoms with Crippen LogP contribution in [0.3, 0.4) is 0 Å². The van der Waals surface area contributed by atoms with E-state index in [9.17, 15) is 9.90 Å². The molecule has 0 radical (unpaired) electrons. The Balaban J connectivity index is 1.98. The quantitative estimate of drug-likeness (QED) is 0.809. The van der Waals surface area contributed by atoms with Crippen LogP contribution >= 0.6 is 0 Å². The summed E-state index contributed by atoms with van der Waals surface area (Å²) in [7, 11) is 0. The van der Waals surface area contributed by atoms with Crippen molar-refractivity contribution in [1.29, 1.82) is 0 Å². The SMILES string of the molecule is CC1c2cc(C(=O)c3ccccc3)ccc2NC1O. The Hall–Kier alpha value is -2.13. The fraction of sp³-hybridized carbons (Fsp3) is 0.188. The third-order valence-electron chi connectivity index (χ3n) is 3.62. The monoisotopic (exact) mass is 253 g/mol. The molecule has 0 saturated carbocycles. The molecular formula is C16H15NO2. The van der Waals surface area contributed by atoms with E-state index < -0.39 is 6.23 Å². The van der Waals surface area contributed by atoms with Crippen LogP contribution in [0.5, 0.6) is 0 Å². The Morgan fingerprint density at radius 3 is 2.58 bits per heavy atom. The van der Waals surface area contributed by atoms with E-state index in [1.165, 1.54) is 0 Å². The van der Waals surface area contributed by atoms with Crippen molar-refractivity contribution < 1.29 is 9.90 Å². The molecule has 2 N–H and O–H groups in total. The Morgan fingerprint density at radius 1 is 1.11 bits per heavy atom. The van der Waals surface area contributed by atoms with E-state index in [2.05, 4.69) is 5.32 Å². The lowest BCUT2D eigenvalue weighted by atomic mass is 9.96. The molecule has 2 unspecified atom stereocenters. The zero-order valence-electron chi connectivity index (χ0n) is 10.6. The van der Waals surface area contributed by atoms with Crippen molar-refractivity contribution in [3.63, 3.8) is 0 Å². The number of anilines is 1. The maximum absolute atomic E-state index is 12.4. The van der Waals surface area contributed by atoms with Crippen LogP contribution in [-0.2, 0) is 0 Å². The van der Waals surface area contributed by atoms with E-state index in [1.54, 1.807) is 6.07 Å². The van der Waals surface area contributed by atoms with Crippen molar-refractivity contribution in [2.45, 2.75) is 19.1 Å². The van der Waals surface area contributed by atoms with E-state index >= 15 is 0 Å². The average molecular weight is 253 g/mol.